The molecule has 0 aliphatic rings. The summed E-state index contributed by atoms with van der Waals surface area (Å²) < 4.78 is 29.0. The molecule has 0 radical (unpaired) electrons. The third kappa shape index (κ3) is 39.9. The van der Waals surface area contributed by atoms with E-state index in [9.17, 15) is 12.9 Å². The van der Waals surface area contributed by atoms with Crippen LogP contribution in [0.1, 0.15) is 0 Å². The second-order valence-electron chi connectivity index (χ2n) is 0.247. The van der Waals surface area contributed by atoms with Crippen LogP contribution < -0.4 is 0 Å². The van der Waals surface area contributed by atoms with Gasteiger partial charge in [-0.15, -0.1) is 0 Å². The van der Waals surface area contributed by atoms with Crippen molar-refractivity contribution in [3.05, 3.63) is 0 Å². The van der Waals surface area contributed by atoms with Crippen LogP contribution in [0.2, 0.25) is 0 Å². The average Bonchev–Trinajstić information content (AvgIpc) is 0.811. The van der Waals surface area contributed by atoms with Crippen LogP contribution in [0.15, 0.2) is 0 Å². The van der Waals surface area contributed by atoms with E-state index < -0.39 is 7.54 Å². The SMILES string of the molecule is FB(F)F.[Ar]. The van der Waals surface area contributed by atoms with Crippen LogP contribution in [-0.4, -0.2) is 7.54 Å². The summed E-state index contributed by atoms with van der Waals surface area (Å²) in [5.74, 6) is 0. The Balaban J connectivity index is 0. The van der Waals surface area contributed by atoms with Crippen LogP contribution in [0.4, 0.5) is 12.9 Å². The first-order valence-electron chi connectivity index (χ1n) is 0.655. The van der Waals surface area contributed by atoms with Gasteiger partial charge in [0.15, 0.2) is 0 Å². The summed E-state index contributed by atoms with van der Waals surface area (Å²) in [7, 11) is -3.67. The maximum atomic E-state index is 9.67. The Hall–Kier alpha value is 1.11. The Labute approximate surface area is 58.0 Å². The van der Waals surface area contributed by atoms with Gasteiger partial charge < -0.3 is 0 Å². The molecule has 0 aromatic heterocycles. The minimum absolute atomic E-state index is 0. The Morgan fingerprint density at radius 2 is 1.00 bits per heavy atom. The van der Waals surface area contributed by atoms with Gasteiger partial charge in [-0.25, -0.2) is 0 Å². The first-order chi connectivity index (χ1) is 1.73. The minimum Gasteiger partial charge on any atom is -0.254 e. The van der Waals surface area contributed by atoms with E-state index in [-0.39, 0.29) is 37.7 Å². The Morgan fingerprint density at radius 1 is 1.00 bits per heavy atom. The number of rotatable bonds is 0. The monoisotopic (exact) mass is 108 g/mol. The second-order valence-corrected chi connectivity index (χ2v) is 0.247. The molecule has 0 aromatic carbocycles. The molecule has 0 aliphatic carbocycles. The molecule has 0 atom stereocenters. The standard InChI is InChI=1S/Ar.BF3/c;2-1(3)4. The Kier molecular flexibility index (Phi) is 9.66. The third-order valence-electron chi connectivity index (χ3n) is 0. The molecule has 0 saturated carbocycles. The topological polar surface area (TPSA) is 0 Å². The van der Waals surface area contributed by atoms with Crippen LogP contribution in [0, 0.1) is 37.7 Å². The van der Waals surface area contributed by atoms with E-state index in [0.29, 0.717) is 0 Å². The van der Waals surface area contributed by atoms with Crippen molar-refractivity contribution in [2.45, 2.75) is 0 Å². The average molecular weight is 108 g/mol. The van der Waals surface area contributed by atoms with E-state index in [4.69, 9.17) is 0 Å². The largest absolute Gasteiger partial charge is 0.762 e. The van der Waals surface area contributed by atoms with Gasteiger partial charge in [0.05, 0.1) is 0 Å². The molecule has 0 unspecified atom stereocenters. The van der Waals surface area contributed by atoms with Crippen molar-refractivity contribution >= 4 is 7.54 Å². The fourth-order valence-electron chi connectivity index (χ4n) is 0. The van der Waals surface area contributed by atoms with Gasteiger partial charge in [-0.05, 0) is 0 Å². The van der Waals surface area contributed by atoms with Crippen LogP contribution in [-0.2, 0) is 0 Å². The first kappa shape index (κ1) is 9.45. The number of hydrogen-bond donors (Lipinski definition) is 0. The van der Waals surface area contributed by atoms with Gasteiger partial charge in [-0.1, -0.05) is 0 Å². The van der Waals surface area contributed by atoms with E-state index in [0.717, 1.165) is 0 Å². The molecule has 0 N–H and O–H groups in total. The molecule has 0 heterocycles. The summed E-state index contributed by atoms with van der Waals surface area (Å²) in [5, 5.41) is 0. The summed E-state index contributed by atoms with van der Waals surface area (Å²) in [6, 6.07) is 0. The molecule has 0 rings (SSSR count). The maximum absolute atomic E-state index is 9.67. The maximum Gasteiger partial charge on any atom is 0.762 e. The minimum atomic E-state index is -3.67. The predicted octanol–water partition coefficient (Wildman–Crippen LogP) is 0.880. The van der Waals surface area contributed by atoms with Crippen molar-refractivity contribution < 1.29 is 50.7 Å². The molecule has 0 bridgehead atoms. The van der Waals surface area contributed by atoms with Crippen LogP contribution >= 0.6 is 0 Å². The van der Waals surface area contributed by atoms with E-state index >= 15 is 0 Å². The van der Waals surface area contributed by atoms with Gasteiger partial charge in [-0.2, -0.15) is 0 Å². The molecule has 0 spiro atoms. The second kappa shape index (κ2) is 5.11. The fraction of sp³-hybridized carbons (Fsp3) is 0. The van der Waals surface area contributed by atoms with Gasteiger partial charge in [-0.3, -0.25) is 12.9 Å². The quantitative estimate of drug-likeness (QED) is 0.404. The molecule has 0 amide bonds. The molecule has 0 saturated heterocycles. The smallest absolute Gasteiger partial charge is 0.254 e. The molecule has 0 fully saturated rings. The molecule has 0 aromatic rings. The summed E-state index contributed by atoms with van der Waals surface area (Å²) in [4.78, 5) is 0. The van der Waals surface area contributed by atoms with E-state index in [2.05, 4.69) is 0 Å². The molecular weight excluding hydrogens is 108 g/mol. The fourth-order valence-corrected chi connectivity index (χ4v) is 0. The van der Waals surface area contributed by atoms with Gasteiger partial charge in [0.1, 0.15) is 0 Å². The molecule has 5 heavy (non-hydrogen) atoms. The van der Waals surface area contributed by atoms with Crippen molar-refractivity contribution in [3.8, 4) is 0 Å². The van der Waals surface area contributed by atoms with Gasteiger partial charge in [0.25, 0.3) is 0 Å². The van der Waals surface area contributed by atoms with Crippen LogP contribution in [0.5, 0.6) is 0 Å². The van der Waals surface area contributed by atoms with Gasteiger partial charge in [0, 0.05) is 37.7 Å². The first-order valence-corrected chi connectivity index (χ1v) is 0.655. The Morgan fingerprint density at radius 3 is 1.00 bits per heavy atom. The Bertz CT molecular complexity index is 11.6. The number of halogens is 3. The van der Waals surface area contributed by atoms with Crippen LogP contribution in [0.25, 0.3) is 0 Å². The zero-order valence-electron chi connectivity index (χ0n) is 2.06. The van der Waals surface area contributed by atoms with Crippen molar-refractivity contribution in [1.29, 1.82) is 0 Å². The normalized spacial score (nSPS) is 5.40. The zero-order valence-corrected chi connectivity index (χ0v) is 2.77. The summed E-state index contributed by atoms with van der Waals surface area (Å²) in [6.07, 6.45) is 0. The third-order valence-corrected chi connectivity index (χ3v) is 0. The van der Waals surface area contributed by atoms with Crippen LogP contribution in [0.3, 0.4) is 0 Å². The van der Waals surface area contributed by atoms with Gasteiger partial charge >= 0.3 is 7.54 Å². The van der Waals surface area contributed by atoms with E-state index in [1.54, 1.807) is 0 Å². The summed E-state index contributed by atoms with van der Waals surface area (Å²) >= 11 is 0. The molecule has 0 nitrogen and oxygen atoms in total. The van der Waals surface area contributed by atoms with Crippen molar-refractivity contribution in [3.63, 3.8) is 0 Å². The van der Waals surface area contributed by atoms with E-state index in [1.165, 1.54) is 0 Å². The molecule has 5 heteroatoms. The summed E-state index contributed by atoms with van der Waals surface area (Å²) in [6.45, 7) is 0. The predicted molar refractivity (Wildman–Crippen MR) is 9.08 cm³/mol. The summed E-state index contributed by atoms with van der Waals surface area (Å²) in [5.41, 5.74) is 0. The number of hydrogen-bond acceptors (Lipinski definition) is 0. The van der Waals surface area contributed by atoms with Crippen molar-refractivity contribution in [2.24, 2.45) is 0 Å². The van der Waals surface area contributed by atoms with Crippen molar-refractivity contribution in [2.75, 3.05) is 0 Å². The van der Waals surface area contributed by atoms with E-state index in [1.807, 2.05) is 0 Å². The zero-order chi connectivity index (χ0) is 3.58. The molecule has 32 valence electrons. The molecule has 0 aliphatic heterocycles. The van der Waals surface area contributed by atoms with Crippen molar-refractivity contribution in [1.82, 2.24) is 0 Å². The molecular formula is ArBF3. The van der Waals surface area contributed by atoms with Gasteiger partial charge in [0.2, 0.25) is 0 Å².